The Bertz CT molecular complexity index is 705. The number of benzene rings is 1. The van der Waals surface area contributed by atoms with Gasteiger partial charge in [0.05, 0.1) is 13.1 Å². The van der Waals surface area contributed by atoms with Crippen LogP contribution < -0.4 is 10.6 Å². The molecule has 162 valence electrons. The molecule has 0 aliphatic carbocycles. The number of guanidine groups is 1. The Morgan fingerprint density at radius 2 is 2.03 bits per heavy atom. The Morgan fingerprint density at radius 1 is 1.24 bits per heavy atom. The average Bonchev–Trinajstić information content (AvgIpc) is 3.17. The molecule has 0 aliphatic rings. The summed E-state index contributed by atoms with van der Waals surface area (Å²) in [6.07, 6.45) is 5.18. The second kappa shape index (κ2) is 14.3. The van der Waals surface area contributed by atoms with Crippen LogP contribution in [0.15, 0.2) is 41.9 Å². The third-order valence-electron chi connectivity index (χ3n) is 4.47. The first-order valence-corrected chi connectivity index (χ1v) is 10.1. The lowest BCUT2D eigenvalue weighted by Crippen LogP contribution is -2.40. The monoisotopic (exact) mass is 514 g/mol. The van der Waals surface area contributed by atoms with Gasteiger partial charge in [0.15, 0.2) is 5.96 Å². The number of rotatable bonds is 11. The quantitative estimate of drug-likeness (QED) is 0.244. The standard InChI is InChI=1S/C21H34N6O.HI/c1-4-23-21(25-13-19(8-9-28)10-17(2)3)24-12-18-6-5-7-20(11-18)14-27-16-22-15-26-27;/h5-7,11,15-17,19,28H,4,8-10,12-14H2,1-3H3,(H2,23,24,25);1H. The van der Waals surface area contributed by atoms with Gasteiger partial charge < -0.3 is 15.7 Å². The van der Waals surface area contributed by atoms with Gasteiger partial charge in [-0.25, -0.2) is 14.7 Å². The van der Waals surface area contributed by atoms with E-state index in [4.69, 9.17) is 4.99 Å². The van der Waals surface area contributed by atoms with E-state index in [0.717, 1.165) is 37.5 Å². The Morgan fingerprint density at radius 3 is 2.69 bits per heavy atom. The first kappa shape index (κ1) is 25.4. The van der Waals surface area contributed by atoms with Gasteiger partial charge in [-0.1, -0.05) is 38.1 Å². The molecule has 0 saturated heterocycles. The average molecular weight is 514 g/mol. The number of nitrogens with zero attached hydrogens (tertiary/aromatic N) is 4. The molecule has 2 aromatic rings. The summed E-state index contributed by atoms with van der Waals surface area (Å²) in [6.45, 7) is 9.67. The van der Waals surface area contributed by atoms with Crippen molar-refractivity contribution in [1.82, 2.24) is 25.4 Å². The molecule has 0 saturated carbocycles. The molecule has 7 nitrogen and oxygen atoms in total. The minimum Gasteiger partial charge on any atom is -0.396 e. The number of hydrogen-bond acceptors (Lipinski definition) is 4. The van der Waals surface area contributed by atoms with Gasteiger partial charge in [0.1, 0.15) is 12.7 Å². The number of aliphatic hydroxyl groups excluding tert-OH is 1. The second-order valence-electron chi connectivity index (χ2n) is 7.50. The van der Waals surface area contributed by atoms with Crippen molar-refractivity contribution in [2.75, 3.05) is 19.7 Å². The van der Waals surface area contributed by atoms with Gasteiger partial charge in [0, 0.05) is 19.7 Å². The Hall–Kier alpha value is -1.68. The highest BCUT2D eigenvalue weighted by atomic mass is 127. The first-order valence-electron chi connectivity index (χ1n) is 10.1. The third kappa shape index (κ3) is 10.1. The maximum atomic E-state index is 9.30. The number of hydrogen-bond donors (Lipinski definition) is 3. The molecule has 1 heterocycles. The summed E-state index contributed by atoms with van der Waals surface area (Å²) < 4.78 is 1.81. The lowest BCUT2D eigenvalue weighted by molar-refractivity contribution is 0.243. The van der Waals surface area contributed by atoms with E-state index in [1.54, 1.807) is 12.7 Å². The maximum absolute atomic E-state index is 9.30. The molecule has 2 rings (SSSR count). The van der Waals surface area contributed by atoms with E-state index in [0.29, 0.717) is 24.9 Å². The fourth-order valence-electron chi connectivity index (χ4n) is 3.23. The molecule has 3 N–H and O–H groups in total. The van der Waals surface area contributed by atoms with Gasteiger partial charge >= 0.3 is 0 Å². The van der Waals surface area contributed by atoms with Gasteiger partial charge in [-0.3, -0.25) is 0 Å². The Balaban J connectivity index is 0.00000420. The van der Waals surface area contributed by atoms with E-state index in [2.05, 4.69) is 65.8 Å². The zero-order chi connectivity index (χ0) is 20.2. The first-order chi connectivity index (χ1) is 13.6. The minimum atomic E-state index is 0. The highest BCUT2D eigenvalue weighted by Crippen LogP contribution is 2.14. The van der Waals surface area contributed by atoms with E-state index in [1.807, 2.05) is 4.68 Å². The van der Waals surface area contributed by atoms with Crippen molar-refractivity contribution in [3.63, 3.8) is 0 Å². The summed E-state index contributed by atoms with van der Waals surface area (Å²) in [4.78, 5) is 8.71. The predicted molar refractivity (Wildman–Crippen MR) is 128 cm³/mol. The summed E-state index contributed by atoms with van der Waals surface area (Å²) in [5.41, 5.74) is 2.33. The normalized spacial score (nSPS) is 12.5. The highest BCUT2D eigenvalue weighted by Gasteiger charge is 2.11. The smallest absolute Gasteiger partial charge is 0.191 e. The number of halogens is 1. The molecule has 0 aliphatic heterocycles. The van der Waals surface area contributed by atoms with Gasteiger partial charge in [-0.05, 0) is 42.7 Å². The van der Waals surface area contributed by atoms with E-state index in [9.17, 15) is 5.11 Å². The number of aliphatic imine (C=N–C) groups is 1. The molecule has 0 spiro atoms. The Labute approximate surface area is 191 Å². The topological polar surface area (TPSA) is 87.4 Å². The number of nitrogens with one attached hydrogen (secondary N) is 2. The van der Waals surface area contributed by atoms with Crippen molar-refractivity contribution >= 4 is 29.9 Å². The molecule has 8 heteroatoms. The molecular formula is C21H35IN6O. The lowest BCUT2D eigenvalue weighted by Gasteiger charge is -2.20. The van der Waals surface area contributed by atoms with Crippen LogP contribution in [0.25, 0.3) is 0 Å². The van der Waals surface area contributed by atoms with Crippen LogP contribution in [0.4, 0.5) is 0 Å². The van der Waals surface area contributed by atoms with Crippen LogP contribution in [-0.4, -0.2) is 45.5 Å². The van der Waals surface area contributed by atoms with E-state index < -0.39 is 0 Å². The van der Waals surface area contributed by atoms with Crippen molar-refractivity contribution in [3.05, 3.63) is 48.0 Å². The molecule has 0 amide bonds. The van der Waals surface area contributed by atoms with Crippen molar-refractivity contribution in [3.8, 4) is 0 Å². The highest BCUT2D eigenvalue weighted by molar-refractivity contribution is 14.0. The van der Waals surface area contributed by atoms with Crippen LogP contribution in [-0.2, 0) is 13.1 Å². The third-order valence-corrected chi connectivity index (χ3v) is 4.47. The van der Waals surface area contributed by atoms with Crippen molar-refractivity contribution in [2.45, 2.75) is 46.7 Å². The van der Waals surface area contributed by atoms with Gasteiger partial charge in [0.25, 0.3) is 0 Å². The van der Waals surface area contributed by atoms with Gasteiger partial charge in [-0.2, -0.15) is 5.10 Å². The van der Waals surface area contributed by atoms with Crippen molar-refractivity contribution < 1.29 is 5.11 Å². The number of aliphatic hydroxyl groups is 1. The van der Waals surface area contributed by atoms with E-state index >= 15 is 0 Å². The SMILES string of the molecule is CCNC(=NCc1cccc(Cn2cncn2)c1)NCC(CCO)CC(C)C.I. The van der Waals surface area contributed by atoms with Gasteiger partial charge in [0.2, 0.25) is 0 Å². The van der Waals surface area contributed by atoms with Crippen LogP contribution in [0.2, 0.25) is 0 Å². The summed E-state index contributed by atoms with van der Waals surface area (Å²) in [5, 5.41) is 20.2. The van der Waals surface area contributed by atoms with Crippen LogP contribution in [0, 0.1) is 11.8 Å². The van der Waals surface area contributed by atoms with Crippen LogP contribution in [0.1, 0.15) is 44.7 Å². The molecule has 1 unspecified atom stereocenters. The van der Waals surface area contributed by atoms with E-state index in [1.165, 1.54) is 5.56 Å². The van der Waals surface area contributed by atoms with Crippen molar-refractivity contribution in [2.24, 2.45) is 16.8 Å². The lowest BCUT2D eigenvalue weighted by atomic mass is 9.94. The van der Waals surface area contributed by atoms with Crippen molar-refractivity contribution in [1.29, 1.82) is 0 Å². The summed E-state index contributed by atoms with van der Waals surface area (Å²) >= 11 is 0. The molecule has 1 atom stereocenters. The fourth-order valence-corrected chi connectivity index (χ4v) is 3.23. The summed E-state index contributed by atoms with van der Waals surface area (Å²) in [5.74, 6) is 1.88. The molecule has 0 bridgehead atoms. The van der Waals surface area contributed by atoms with Gasteiger partial charge in [-0.15, -0.1) is 24.0 Å². The Kier molecular flexibility index (Phi) is 12.5. The van der Waals surface area contributed by atoms with Crippen LogP contribution in [0.3, 0.4) is 0 Å². The maximum Gasteiger partial charge on any atom is 0.191 e. The zero-order valence-electron chi connectivity index (χ0n) is 17.7. The minimum absolute atomic E-state index is 0. The molecule has 0 radical (unpaired) electrons. The molecule has 0 fully saturated rings. The molecule has 29 heavy (non-hydrogen) atoms. The van der Waals surface area contributed by atoms with E-state index in [-0.39, 0.29) is 30.6 Å². The molecule has 1 aromatic heterocycles. The molecular weight excluding hydrogens is 479 g/mol. The van der Waals surface area contributed by atoms with Crippen LogP contribution >= 0.6 is 24.0 Å². The fraction of sp³-hybridized carbons (Fsp3) is 0.571. The zero-order valence-corrected chi connectivity index (χ0v) is 20.0. The predicted octanol–water partition coefficient (Wildman–Crippen LogP) is 3.04. The summed E-state index contributed by atoms with van der Waals surface area (Å²) in [7, 11) is 0. The largest absolute Gasteiger partial charge is 0.396 e. The van der Waals surface area contributed by atoms with Crippen LogP contribution in [0.5, 0.6) is 0 Å². The summed E-state index contributed by atoms with van der Waals surface area (Å²) in [6, 6.07) is 8.38. The molecule has 1 aromatic carbocycles. The second-order valence-corrected chi connectivity index (χ2v) is 7.50. The number of aromatic nitrogens is 3.